The van der Waals surface area contributed by atoms with Crippen molar-refractivity contribution in [2.75, 3.05) is 33.4 Å². The number of carbonyl (C=O) groups excluding carboxylic acids is 1. The first-order chi connectivity index (χ1) is 6.33. The highest BCUT2D eigenvalue weighted by Crippen LogP contribution is 2.07. The Labute approximate surface area is 78.6 Å². The Morgan fingerprint density at radius 3 is 3.08 bits per heavy atom. The van der Waals surface area contributed by atoms with E-state index >= 15 is 0 Å². The van der Waals surface area contributed by atoms with Crippen molar-refractivity contribution in [2.24, 2.45) is 5.92 Å². The molecule has 1 unspecified atom stereocenters. The second-order valence-electron chi connectivity index (χ2n) is 3.26. The van der Waals surface area contributed by atoms with Gasteiger partial charge in [0, 0.05) is 6.54 Å². The smallest absolute Gasteiger partial charge is 0.307 e. The minimum absolute atomic E-state index is 0.204. The van der Waals surface area contributed by atoms with E-state index in [9.17, 15) is 4.79 Å². The first kappa shape index (κ1) is 10.5. The van der Waals surface area contributed by atoms with Gasteiger partial charge in [0.2, 0.25) is 0 Å². The van der Waals surface area contributed by atoms with E-state index in [4.69, 9.17) is 4.74 Å². The average Bonchev–Trinajstić information content (AvgIpc) is 2.64. The summed E-state index contributed by atoms with van der Waals surface area (Å²) in [6, 6.07) is 0. The summed E-state index contributed by atoms with van der Waals surface area (Å²) in [6.07, 6.45) is 1.54. The number of carbonyl (C=O) groups is 1. The number of hydrogen-bond donors (Lipinski definition) is 1. The molecule has 0 amide bonds. The number of nitrogens with one attached hydrogen (secondary N) is 1. The predicted octanol–water partition coefficient (Wildman–Crippen LogP) is 0.176. The van der Waals surface area contributed by atoms with Crippen molar-refractivity contribution in [3.63, 3.8) is 0 Å². The van der Waals surface area contributed by atoms with Crippen molar-refractivity contribution >= 4 is 5.97 Å². The fraction of sp³-hybridized carbons (Fsp3) is 0.889. The van der Waals surface area contributed by atoms with Gasteiger partial charge in [0.1, 0.15) is 0 Å². The summed E-state index contributed by atoms with van der Waals surface area (Å²) in [4.78, 5) is 10.7. The first-order valence-electron chi connectivity index (χ1n) is 4.68. The molecule has 13 heavy (non-hydrogen) atoms. The van der Waals surface area contributed by atoms with Gasteiger partial charge in [0.05, 0.1) is 26.7 Å². The minimum Gasteiger partial charge on any atom is -0.469 e. The van der Waals surface area contributed by atoms with Crippen LogP contribution >= 0.6 is 0 Å². The lowest BCUT2D eigenvalue weighted by Gasteiger charge is -2.08. The van der Waals surface area contributed by atoms with E-state index in [0.717, 1.165) is 19.7 Å². The van der Waals surface area contributed by atoms with E-state index in [-0.39, 0.29) is 5.97 Å². The number of rotatable bonds is 5. The van der Waals surface area contributed by atoms with Crippen LogP contribution in [0.5, 0.6) is 0 Å². The van der Waals surface area contributed by atoms with Crippen LogP contribution in [0, 0.1) is 5.92 Å². The van der Waals surface area contributed by atoms with Gasteiger partial charge < -0.3 is 14.8 Å². The van der Waals surface area contributed by atoms with Crippen LogP contribution in [0.2, 0.25) is 0 Å². The fourth-order valence-corrected chi connectivity index (χ4v) is 1.36. The zero-order valence-electron chi connectivity index (χ0n) is 8.04. The number of esters is 1. The standard InChI is InChI=1S/C9H17NO3/c1-12-9(11)3-5-13-7-8-2-4-10-6-8/h8,10H,2-7H2,1H3. The van der Waals surface area contributed by atoms with Gasteiger partial charge in [0.15, 0.2) is 0 Å². The van der Waals surface area contributed by atoms with Gasteiger partial charge in [-0.05, 0) is 18.9 Å². The van der Waals surface area contributed by atoms with Gasteiger partial charge in [-0.1, -0.05) is 0 Å². The van der Waals surface area contributed by atoms with E-state index in [1.807, 2.05) is 0 Å². The molecule has 4 heteroatoms. The van der Waals surface area contributed by atoms with E-state index in [2.05, 4.69) is 10.1 Å². The van der Waals surface area contributed by atoms with Crippen molar-refractivity contribution in [1.82, 2.24) is 5.32 Å². The maximum Gasteiger partial charge on any atom is 0.307 e. The number of ether oxygens (including phenoxy) is 2. The van der Waals surface area contributed by atoms with E-state index in [0.29, 0.717) is 18.9 Å². The molecule has 1 atom stereocenters. The lowest BCUT2D eigenvalue weighted by Crippen LogP contribution is -2.15. The van der Waals surface area contributed by atoms with E-state index in [1.54, 1.807) is 0 Å². The van der Waals surface area contributed by atoms with Crippen LogP contribution in [-0.2, 0) is 14.3 Å². The highest BCUT2D eigenvalue weighted by atomic mass is 16.5. The molecular weight excluding hydrogens is 170 g/mol. The van der Waals surface area contributed by atoms with Gasteiger partial charge in [-0.3, -0.25) is 4.79 Å². The van der Waals surface area contributed by atoms with Crippen LogP contribution in [-0.4, -0.2) is 39.4 Å². The molecule has 0 saturated carbocycles. The van der Waals surface area contributed by atoms with Gasteiger partial charge in [-0.25, -0.2) is 0 Å². The molecular formula is C9H17NO3. The van der Waals surface area contributed by atoms with Gasteiger partial charge in [-0.2, -0.15) is 0 Å². The van der Waals surface area contributed by atoms with Crippen LogP contribution in [0.3, 0.4) is 0 Å². The summed E-state index contributed by atoms with van der Waals surface area (Å²) in [5.74, 6) is 0.419. The van der Waals surface area contributed by atoms with E-state index < -0.39 is 0 Å². The Bertz CT molecular complexity index is 155. The van der Waals surface area contributed by atoms with Gasteiger partial charge in [-0.15, -0.1) is 0 Å². The first-order valence-corrected chi connectivity index (χ1v) is 4.68. The van der Waals surface area contributed by atoms with E-state index in [1.165, 1.54) is 13.5 Å². The fourth-order valence-electron chi connectivity index (χ4n) is 1.36. The zero-order chi connectivity index (χ0) is 9.52. The molecule has 1 aliphatic heterocycles. The third-order valence-electron chi connectivity index (χ3n) is 2.19. The monoisotopic (exact) mass is 187 g/mol. The molecule has 1 saturated heterocycles. The third kappa shape index (κ3) is 4.24. The maximum absolute atomic E-state index is 10.7. The molecule has 1 fully saturated rings. The van der Waals surface area contributed by atoms with Crippen molar-refractivity contribution in [3.05, 3.63) is 0 Å². The molecule has 1 N–H and O–H groups in total. The summed E-state index contributed by atoms with van der Waals surface area (Å²) >= 11 is 0. The molecule has 4 nitrogen and oxygen atoms in total. The predicted molar refractivity (Wildman–Crippen MR) is 48.4 cm³/mol. The quantitative estimate of drug-likeness (QED) is 0.492. The summed E-state index contributed by atoms with van der Waals surface area (Å²) in [7, 11) is 1.39. The van der Waals surface area contributed by atoms with Crippen LogP contribution in [0.25, 0.3) is 0 Å². The summed E-state index contributed by atoms with van der Waals surface area (Å²) < 4.78 is 9.84. The molecule has 0 bridgehead atoms. The average molecular weight is 187 g/mol. The third-order valence-corrected chi connectivity index (χ3v) is 2.19. The van der Waals surface area contributed by atoms with Crippen molar-refractivity contribution in [1.29, 1.82) is 0 Å². The topological polar surface area (TPSA) is 47.6 Å². The Hall–Kier alpha value is -0.610. The van der Waals surface area contributed by atoms with Gasteiger partial charge >= 0.3 is 5.97 Å². The summed E-state index contributed by atoms with van der Waals surface area (Å²) in [5, 5.41) is 3.26. The van der Waals surface area contributed by atoms with Crippen molar-refractivity contribution in [2.45, 2.75) is 12.8 Å². The van der Waals surface area contributed by atoms with Crippen LogP contribution in [0.15, 0.2) is 0 Å². The molecule has 0 radical (unpaired) electrons. The Kier molecular flexibility index (Phi) is 4.78. The molecule has 0 aromatic rings. The Morgan fingerprint density at radius 1 is 1.62 bits per heavy atom. The molecule has 0 spiro atoms. The minimum atomic E-state index is -0.204. The largest absolute Gasteiger partial charge is 0.469 e. The highest BCUT2D eigenvalue weighted by molar-refractivity contribution is 5.69. The lowest BCUT2D eigenvalue weighted by atomic mass is 10.1. The number of hydrogen-bond acceptors (Lipinski definition) is 4. The molecule has 1 rings (SSSR count). The van der Waals surface area contributed by atoms with Crippen LogP contribution < -0.4 is 5.32 Å². The normalized spacial score (nSPS) is 21.8. The van der Waals surface area contributed by atoms with Gasteiger partial charge in [0.25, 0.3) is 0 Å². The SMILES string of the molecule is COC(=O)CCOCC1CCNC1. The van der Waals surface area contributed by atoms with Crippen LogP contribution in [0.4, 0.5) is 0 Å². The maximum atomic E-state index is 10.7. The van der Waals surface area contributed by atoms with Crippen molar-refractivity contribution < 1.29 is 14.3 Å². The summed E-state index contributed by atoms with van der Waals surface area (Å²) in [5.41, 5.74) is 0. The Morgan fingerprint density at radius 2 is 2.46 bits per heavy atom. The number of methoxy groups -OCH3 is 1. The van der Waals surface area contributed by atoms with Crippen molar-refractivity contribution in [3.8, 4) is 0 Å². The summed E-state index contributed by atoms with van der Waals surface area (Å²) in [6.45, 7) is 3.36. The molecule has 76 valence electrons. The Balaban J connectivity index is 1.91. The van der Waals surface area contributed by atoms with Crippen LogP contribution in [0.1, 0.15) is 12.8 Å². The highest BCUT2D eigenvalue weighted by Gasteiger charge is 2.14. The molecule has 1 aliphatic rings. The second-order valence-corrected chi connectivity index (χ2v) is 3.26. The molecule has 1 heterocycles. The molecule has 0 aliphatic carbocycles. The molecule has 0 aromatic heterocycles. The zero-order valence-corrected chi connectivity index (χ0v) is 8.04. The lowest BCUT2D eigenvalue weighted by molar-refractivity contribution is -0.141. The molecule has 0 aromatic carbocycles. The second kappa shape index (κ2) is 5.94.